The first kappa shape index (κ1) is 14.8. The summed E-state index contributed by atoms with van der Waals surface area (Å²) in [6.07, 6.45) is 2.83. The third-order valence-corrected chi connectivity index (χ3v) is 3.55. The predicted molar refractivity (Wildman–Crippen MR) is 76.8 cm³/mol. The van der Waals surface area contributed by atoms with Gasteiger partial charge in [0.05, 0.1) is 6.42 Å². The van der Waals surface area contributed by atoms with Gasteiger partial charge in [0.15, 0.2) is 0 Å². The Morgan fingerprint density at radius 3 is 2.61 bits per heavy atom. The zero-order valence-electron chi connectivity index (χ0n) is 10.8. The first-order valence-electron chi connectivity index (χ1n) is 6.31. The first-order valence-corrected chi connectivity index (χ1v) is 6.31. The molecule has 0 saturated carbocycles. The van der Waals surface area contributed by atoms with Gasteiger partial charge in [-0.1, -0.05) is 25.5 Å². The van der Waals surface area contributed by atoms with Gasteiger partial charge in [0, 0.05) is 18.8 Å². The number of amides is 1. The molecule has 1 amide bonds. The number of benzene rings is 1. The lowest BCUT2D eigenvalue weighted by Crippen LogP contribution is -2.30. The first-order chi connectivity index (χ1) is 8.19. The van der Waals surface area contributed by atoms with Gasteiger partial charge in [0.1, 0.15) is 0 Å². The van der Waals surface area contributed by atoms with E-state index >= 15 is 0 Å². The van der Waals surface area contributed by atoms with Gasteiger partial charge in [0.2, 0.25) is 5.91 Å². The maximum Gasteiger partial charge on any atom is 0.226 e. The van der Waals surface area contributed by atoms with Crippen LogP contribution >= 0.6 is 12.4 Å². The highest BCUT2D eigenvalue weighted by Gasteiger charge is 2.24. The van der Waals surface area contributed by atoms with Crippen LogP contribution in [-0.2, 0) is 11.2 Å². The molecule has 1 fully saturated rings. The van der Waals surface area contributed by atoms with Gasteiger partial charge in [-0.3, -0.25) is 4.79 Å². The molecule has 2 rings (SSSR count). The van der Waals surface area contributed by atoms with Crippen LogP contribution in [0.3, 0.4) is 0 Å². The lowest BCUT2D eigenvalue weighted by atomic mass is 10.1. The molecule has 1 saturated heterocycles. The largest absolute Gasteiger partial charge is 0.399 e. The average Bonchev–Trinajstić information content (AvgIpc) is 2.81. The molecule has 18 heavy (non-hydrogen) atoms. The molecule has 0 radical (unpaired) electrons. The Morgan fingerprint density at radius 1 is 1.39 bits per heavy atom. The van der Waals surface area contributed by atoms with Crippen molar-refractivity contribution >= 4 is 24.0 Å². The van der Waals surface area contributed by atoms with Gasteiger partial charge in [-0.2, -0.15) is 0 Å². The van der Waals surface area contributed by atoms with E-state index in [4.69, 9.17) is 5.73 Å². The maximum absolute atomic E-state index is 12.1. The molecule has 0 aromatic heterocycles. The van der Waals surface area contributed by atoms with Crippen LogP contribution in [0.4, 0.5) is 5.69 Å². The molecular formula is C14H21ClN2O. The van der Waals surface area contributed by atoms with Crippen LogP contribution in [0.25, 0.3) is 0 Å². The molecule has 1 heterocycles. The summed E-state index contributed by atoms with van der Waals surface area (Å²) in [7, 11) is 0. The summed E-state index contributed by atoms with van der Waals surface area (Å²) < 4.78 is 0. The van der Waals surface area contributed by atoms with Crippen molar-refractivity contribution in [1.29, 1.82) is 0 Å². The van der Waals surface area contributed by atoms with Gasteiger partial charge < -0.3 is 10.6 Å². The number of halogens is 1. The Hall–Kier alpha value is -1.22. The Balaban J connectivity index is 0.00000162. The van der Waals surface area contributed by atoms with Crippen molar-refractivity contribution in [3.8, 4) is 0 Å². The minimum absolute atomic E-state index is 0. The number of carbonyl (C=O) groups is 1. The standard InChI is InChI=1S/C14H20N2O.ClH/c1-2-11-7-8-16(10-11)14(17)9-12-3-5-13(15)6-4-12;/h3-6,11H,2,7-10,15H2,1H3;1H. The highest BCUT2D eigenvalue weighted by atomic mass is 35.5. The molecule has 2 N–H and O–H groups in total. The highest BCUT2D eigenvalue weighted by molar-refractivity contribution is 5.85. The summed E-state index contributed by atoms with van der Waals surface area (Å²) in [5.41, 5.74) is 7.41. The number of likely N-dealkylation sites (tertiary alicyclic amines) is 1. The van der Waals surface area contributed by atoms with E-state index in [1.165, 1.54) is 6.42 Å². The lowest BCUT2D eigenvalue weighted by Gasteiger charge is -2.16. The van der Waals surface area contributed by atoms with E-state index in [9.17, 15) is 4.79 Å². The molecule has 3 nitrogen and oxygen atoms in total. The summed E-state index contributed by atoms with van der Waals surface area (Å²) in [6.45, 7) is 4.05. The number of carbonyl (C=O) groups excluding carboxylic acids is 1. The fraction of sp³-hybridized carbons (Fsp3) is 0.500. The molecular weight excluding hydrogens is 248 g/mol. The summed E-state index contributed by atoms with van der Waals surface area (Å²) in [5, 5.41) is 0. The summed E-state index contributed by atoms with van der Waals surface area (Å²) >= 11 is 0. The molecule has 100 valence electrons. The van der Waals surface area contributed by atoms with Crippen molar-refractivity contribution < 1.29 is 4.79 Å². The topological polar surface area (TPSA) is 46.3 Å². The van der Waals surface area contributed by atoms with Crippen molar-refractivity contribution in [2.75, 3.05) is 18.8 Å². The van der Waals surface area contributed by atoms with Crippen LogP contribution in [0.5, 0.6) is 0 Å². The number of hydrogen-bond acceptors (Lipinski definition) is 2. The van der Waals surface area contributed by atoms with E-state index in [-0.39, 0.29) is 18.3 Å². The Morgan fingerprint density at radius 2 is 2.06 bits per heavy atom. The predicted octanol–water partition coefficient (Wildman–Crippen LogP) is 2.49. The second-order valence-electron chi connectivity index (χ2n) is 4.82. The maximum atomic E-state index is 12.1. The fourth-order valence-corrected chi connectivity index (χ4v) is 2.31. The molecule has 1 atom stereocenters. The molecule has 0 spiro atoms. The normalized spacial score (nSPS) is 18.5. The van der Waals surface area contributed by atoms with Gasteiger partial charge in [-0.05, 0) is 30.0 Å². The third-order valence-electron chi connectivity index (χ3n) is 3.55. The summed E-state index contributed by atoms with van der Waals surface area (Å²) in [6, 6.07) is 7.56. The van der Waals surface area contributed by atoms with E-state index in [0.29, 0.717) is 12.3 Å². The number of rotatable bonds is 3. The van der Waals surface area contributed by atoms with Gasteiger partial charge >= 0.3 is 0 Å². The molecule has 0 bridgehead atoms. The van der Waals surface area contributed by atoms with Crippen LogP contribution in [0.1, 0.15) is 25.3 Å². The molecule has 1 aromatic rings. The molecule has 1 unspecified atom stereocenters. The van der Waals surface area contributed by atoms with Gasteiger partial charge in [-0.15, -0.1) is 12.4 Å². The Kier molecular flexibility index (Phi) is 5.48. The average molecular weight is 269 g/mol. The minimum Gasteiger partial charge on any atom is -0.399 e. The molecule has 1 aliphatic rings. The van der Waals surface area contributed by atoms with Crippen LogP contribution in [0, 0.1) is 5.92 Å². The zero-order valence-corrected chi connectivity index (χ0v) is 11.6. The van der Waals surface area contributed by atoms with Crippen molar-refractivity contribution in [3.63, 3.8) is 0 Å². The lowest BCUT2D eigenvalue weighted by molar-refractivity contribution is -0.129. The summed E-state index contributed by atoms with van der Waals surface area (Å²) in [5.74, 6) is 0.941. The number of nitrogen functional groups attached to an aromatic ring is 1. The zero-order chi connectivity index (χ0) is 12.3. The Labute approximate surface area is 115 Å². The van der Waals surface area contributed by atoms with Crippen molar-refractivity contribution in [3.05, 3.63) is 29.8 Å². The number of nitrogens with two attached hydrogens (primary N) is 1. The monoisotopic (exact) mass is 268 g/mol. The van der Waals surface area contributed by atoms with E-state index in [1.807, 2.05) is 29.2 Å². The van der Waals surface area contributed by atoms with Crippen LogP contribution in [0.2, 0.25) is 0 Å². The third kappa shape index (κ3) is 3.64. The minimum atomic E-state index is 0. The number of hydrogen-bond donors (Lipinski definition) is 1. The highest BCUT2D eigenvalue weighted by Crippen LogP contribution is 2.20. The summed E-state index contributed by atoms with van der Waals surface area (Å²) in [4.78, 5) is 14.0. The second-order valence-corrected chi connectivity index (χ2v) is 4.82. The van der Waals surface area contributed by atoms with Gasteiger partial charge in [-0.25, -0.2) is 0 Å². The van der Waals surface area contributed by atoms with Crippen molar-refractivity contribution in [2.45, 2.75) is 26.2 Å². The molecule has 4 heteroatoms. The fourth-order valence-electron chi connectivity index (χ4n) is 2.31. The van der Waals surface area contributed by atoms with E-state index < -0.39 is 0 Å². The molecule has 1 aliphatic heterocycles. The van der Waals surface area contributed by atoms with Crippen LogP contribution in [0.15, 0.2) is 24.3 Å². The number of nitrogens with zero attached hydrogens (tertiary/aromatic N) is 1. The van der Waals surface area contributed by atoms with Crippen molar-refractivity contribution in [1.82, 2.24) is 4.90 Å². The SMILES string of the molecule is CCC1CCN(C(=O)Cc2ccc(N)cc2)C1.Cl. The molecule has 1 aromatic carbocycles. The van der Waals surface area contributed by atoms with E-state index in [0.717, 1.165) is 30.8 Å². The van der Waals surface area contributed by atoms with Gasteiger partial charge in [0.25, 0.3) is 0 Å². The molecule has 0 aliphatic carbocycles. The second kappa shape index (κ2) is 6.64. The quantitative estimate of drug-likeness (QED) is 0.856. The smallest absolute Gasteiger partial charge is 0.226 e. The van der Waals surface area contributed by atoms with E-state index in [2.05, 4.69) is 6.92 Å². The van der Waals surface area contributed by atoms with E-state index in [1.54, 1.807) is 0 Å². The van der Waals surface area contributed by atoms with Crippen molar-refractivity contribution in [2.24, 2.45) is 5.92 Å². The number of anilines is 1. The Bertz CT molecular complexity index is 391. The van der Waals surface area contributed by atoms with Crippen LogP contribution < -0.4 is 5.73 Å². The van der Waals surface area contributed by atoms with Crippen LogP contribution in [-0.4, -0.2) is 23.9 Å².